The molecule has 2 aromatic heterocycles. The van der Waals surface area contributed by atoms with E-state index in [-0.39, 0.29) is 11.7 Å². The number of H-pyrrole nitrogens is 1. The molecule has 0 aromatic carbocycles. The zero-order valence-corrected chi connectivity index (χ0v) is 12.2. The van der Waals surface area contributed by atoms with E-state index in [1.54, 1.807) is 6.07 Å². The molecule has 3 rings (SSSR count). The molecule has 21 heavy (non-hydrogen) atoms. The van der Waals surface area contributed by atoms with Crippen LogP contribution in [0.25, 0.3) is 5.65 Å². The van der Waals surface area contributed by atoms with Crippen molar-refractivity contribution in [1.82, 2.24) is 19.5 Å². The van der Waals surface area contributed by atoms with Gasteiger partial charge < -0.3 is 10.5 Å². The number of aromatic amines is 1. The maximum Gasteiger partial charge on any atom is 0.272 e. The van der Waals surface area contributed by atoms with Crippen molar-refractivity contribution in [3.63, 3.8) is 0 Å². The van der Waals surface area contributed by atoms with Crippen molar-refractivity contribution >= 4 is 5.65 Å². The fourth-order valence-corrected chi connectivity index (χ4v) is 2.76. The minimum absolute atomic E-state index is 0.0742. The molecule has 1 atom stereocenters. The van der Waals surface area contributed by atoms with Gasteiger partial charge in [-0.3, -0.25) is 14.8 Å². The Hall–Kier alpha value is -1.70. The van der Waals surface area contributed by atoms with Crippen molar-refractivity contribution in [3.05, 3.63) is 33.9 Å². The van der Waals surface area contributed by atoms with Crippen LogP contribution in [0.3, 0.4) is 0 Å². The number of hydrogen-bond acceptors (Lipinski definition) is 5. The third-order valence-electron chi connectivity index (χ3n) is 3.73. The van der Waals surface area contributed by atoms with Gasteiger partial charge in [-0.15, -0.1) is 0 Å². The highest BCUT2D eigenvalue weighted by atomic mass is 16.5. The first kappa shape index (κ1) is 14.2. The molecule has 0 amide bonds. The van der Waals surface area contributed by atoms with Crippen molar-refractivity contribution in [2.45, 2.75) is 26.0 Å². The van der Waals surface area contributed by atoms with Crippen LogP contribution in [0.4, 0.5) is 0 Å². The summed E-state index contributed by atoms with van der Waals surface area (Å²) in [4.78, 5) is 18.9. The molecule has 0 saturated carbocycles. The van der Waals surface area contributed by atoms with E-state index < -0.39 is 0 Å². The van der Waals surface area contributed by atoms with Gasteiger partial charge in [0.05, 0.1) is 18.4 Å². The molecule has 1 unspecified atom stereocenters. The van der Waals surface area contributed by atoms with Crippen LogP contribution in [0, 0.1) is 6.92 Å². The lowest BCUT2D eigenvalue weighted by Gasteiger charge is -2.32. The molecule has 0 aliphatic carbocycles. The summed E-state index contributed by atoms with van der Waals surface area (Å²) in [6, 6.07) is 3.47. The molecule has 7 nitrogen and oxygen atoms in total. The van der Waals surface area contributed by atoms with Gasteiger partial charge in [0.15, 0.2) is 5.65 Å². The van der Waals surface area contributed by atoms with E-state index in [4.69, 9.17) is 10.5 Å². The Morgan fingerprint density at radius 1 is 1.52 bits per heavy atom. The summed E-state index contributed by atoms with van der Waals surface area (Å²) >= 11 is 0. The van der Waals surface area contributed by atoms with Gasteiger partial charge in [0.25, 0.3) is 5.56 Å². The van der Waals surface area contributed by atoms with E-state index in [0.717, 1.165) is 30.9 Å². The van der Waals surface area contributed by atoms with Gasteiger partial charge in [0, 0.05) is 37.5 Å². The zero-order chi connectivity index (χ0) is 14.8. The predicted octanol–water partition coefficient (Wildman–Crippen LogP) is -0.119. The van der Waals surface area contributed by atoms with Crippen LogP contribution in [-0.4, -0.2) is 51.8 Å². The lowest BCUT2D eigenvalue weighted by molar-refractivity contribution is -0.0338. The molecule has 0 spiro atoms. The molecule has 1 fully saturated rings. The van der Waals surface area contributed by atoms with Crippen LogP contribution in [0.15, 0.2) is 16.9 Å². The van der Waals surface area contributed by atoms with Crippen LogP contribution < -0.4 is 11.3 Å². The minimum atomic E-state index is -0.0742. The summed E-state index contributed by atoms with van der Waals surface area (Å²) in [7, 11) is 0. The van der Waals surface area contributed by atoms with Crippen LogP contribution in [-0.2, 0) is 11.3 Å². The summed E-state index contributed by atoms with van der Waals surface area (Å²) in [6.45, 7) is 5.61. The smallest absolute Gasteiger partial charge is 0.272 e. The summed E-state index contributed by atoms with van der Waals surface area (Å²) in [5.74, 6) is 0. The second kappa shape index (κ2) is 5.97. The molecule has 3 N–H and O–H groups in total. The van der Waals surface area contributed by atoms with Crippen LogP contribution in [0.1, 0.15) is 17.8 Å². The molecule has 1 aliphatic heterocycles. The second-order valence-corrected chi connectivity index (χ2v) is 5.52. The number of nitrogens with zero attached hydrogens (tertiary/aromatic N) is 3. The van der Waals surface area contributed by atoms with Gasteiger partial charge in [-0.2, -0.15) is 0 Å². The Kier molecular flexibility index (Phi) is 4.05. The highest BCUT2D eigenvalue weighted by Crippen LogP contribution is 2.11. The molecule has 1 aliphatic rings. The summed E-state index contributed by atoms with van der Waals surface area (Å²) in [5.41, 5.74) is 7.90. The monoisotopic (exact) mass is 291 g/mol. The van der Waals surface area contributed by atoms with E-state index in [9.17, 15) is 4.79 Å². The first-order valence-corrected chi connectivity index (χ1v) is 7.28. The van der Waals surface area contributed by atoms with Crippen LogP contribution in [0.5, 0.6) is 0 Å². The number of aromatic nitrogens is 3. The van der Waals surface area contributed by atoms with Gasteiger partial charge >= 0.3 is 0 Å². The Balaban J connectivity index is 1.76. The fourth-order valence-electron chi connectivity index (χ4n) is 2.76. The highest BCUT2D eigenvalue weighted by Gasteiger charge is 2.20. The number of aryl methyl sites for hydroxylation is 1. The number of nitrogens with two attached hydrogens (primary N) is 1. The van der Waals surface area contributed by atoms with Crippen LogP contribution >= 0.6 is 0 Å². The number of fused-ring (bicyclic) bond motifs is 1. The third-order valence-corrected chi connectivity index (χ3v) is 3.73. The Morgan fingerprint density at radius 2 is 2.38 bits per heavy atom. The van der Waals surface area contributed by atoms with Gasteiger partial charge in [-0.1, -0.05) is 0 Å². The maximum atomic E-state index is 12.1. The number of nitrogens with one attached hydrogen (secondary N) is 1. The quantitative estimate of drug-likeness (QED) is 0.820. The van der Waals surface area contributed by atoms with E-state index in [1.165, 1.54) is 4.52 Å². The summed E-state index contributed by atoms with van der Waals surface area (Å²) in [5, 5.41) is 2.98. The normalized spacial score (nSPS) is 20.2. The fraction of sp³-hybridized carbons (Fsp3) is 0.571. The summed E-state index contributed by atoms with van der Waals surface area (Å²) in [6.07, 6.45) is 1.05. The average molecular weight is 291 g/mol. The van der Waals surface area contributed by atoms with E-state index in [0.29, 0.717) is 25.3 Å². The predicted molar refractivity (Wildman–Crippen MR) is 79.2 cm³/mol. The number of hydrogen-bond donors (Lipinski definition) is 2. The Bertz CT molecular complexity index is 676. The third kappa shape index (κ3) is 3.15. The SMILES string of the molecule is Cc1cc2nc(CN3CCOC(CCN)C3)cc(=O)n2[nH]1. The molecule has 1 saturated heterocycles. The van der Waals surface area contributed by atoms with Crippen LogP contribution in [0.2, 0.25) is 0 Å². The minimum Gasteiger partial charge on any atom is -0.376 e. The molecule has 7 heteroatoms. The van der Waals surface area contributed by atoms with E-state index in [1.807, 2.05) is 13.0 Å². The number of ether oxygens (including phenoxy) is 1. The molecule has 0 radical (unpaired) electrons. The highest BCUT2D eigenvalue weighted by molar-refractivity contribution is 5.39. The molecule has 2 aromatic rings. The van der Waals surface area contributed by atoms with Gasteiger partial charge in [-0.25, -0.2) is 9.50 Å². The standard InChI is InChI=1S/C14H21N5O2/c1-10-6-13-16-11(7-14(20)19(13)17-10)8-18-4-5-21-12(9-18)2-3-15/h6-7,12,17H,2-5,8-9,15H2,1H3. The van der Waals surface area contributed by atoms with Crippen molar-refractivity contribution in [2.24, 2.45) is 5.73 Å². The average Bonchev–Trinajstić information content (AvgIpc) is 2.81. The molecule has 3 heterocycles. The Labute approximate surface area is 122 Å². The van der Waals surface area contributed by atoms with E-state index >= 15 is 0 Å². The largest absolute Gasteiger partial charge is 0.376 e. The van der Waals surface area contributed by atoms with Crippen molar-refractivity contribution < 1.29 is 4.74 Å². The molecular weight excluding hydrogens is 270 g/mol. The second-order valence-electron chi connectivity index (χ2n) is 5.52. The van der Waals surface area contributed by atoms with E-state index in [2.05, 4.69) is 15.0 Å². The molecule has 0 bridgehead atoms. The first-order valence-electron chi connectivity index (χ1n) is 7.28. The van der Waals surface area contributed by atoms with Gasteiger partial charge in [-0.05, 0) is 19.9 Å². The topological polar surface area (TPSA) is 88.7 Å². The lowest BCUT2D eigenvalue weighted by Crippen LogP contribution is -2.43. The molecular formula is C14H21N5O2. The maximum absolute atomic E-state index is 12.1. The van der Waals surface area contributed by atoms with Crippen molar-refractivity contribution in [3.8, 4) is 0 Å². The number of morpholine rings is 1. The van der Waals surface area contributed by atoms with Crippen molar-refractivity contribution in [1.29, 1.82) is 0 Å². The lowest BCUT2D eigenvalue weighted by atomic mass is 10.2. The summed E-state index contributed by atoms with van der Waals surface area (Å²) < 4.78 is 7.14. The van der Waals surface area contributed by atoms with Crippen molar-refractivity contribution in [2.75, 3.05) is 26.2 Å². The first-order chi connectivity index (χ1) is 10.2. The van der Waals surface area contributed by atoms with Gasteiger partial charge in [0.1, 0.15) is 0 Å². The molecule has 114 valence electrons. The number of rotatable bonds is 4. The van der Waals surface area contributed by atoms with Gasteiger partial charge in [0.2, 0.25) is 0 Å². The zero-order valence-electron chi connectivity index (χ0n) is 12.2. The Morgan fingerprint density at radius 3 is 3.19 bits per heavy atom.